The molecule has 9 atom stereocenters. The van der Waals surface area contributed by atoms with Crippen LogP contribution < -0.4 is 22.7 Å². The summed E-state index contributed by atoms with van der Waals surface area (Å²) in [6.45, 7) is -1.90. The van der Waals surface area contributed by atoms with Gasteiger partial charge in [-0.1, -0.05) is 0 Å². The summed E-state index contributed by atoms with van der Waals surface area (Å²) in [4.78, 5) is 69.3. The van der Waals surface area contributed by atoms with Crippen LogP contribution in [0.3, 0.4) is 0 Å². The Morgan fingerprint density at radius 1 is 0.902 bits per heavy atom. The van der Waals surface area contributed by atoms with Gasteiger partial charge < -0.3 is 45.2 Å². The van der Waals surface area contributed by atoms with Crippen molar-refractivity contribution in [3.63, 3.8) is 0 Å². The molecule has 0 aliphatic carbocycles. The summed E-state index contributed by atoms with van der Waals surface area (Å²) >= 11 is 0. The van der Waals surface area contributed by atoms with Crippen molar-refractivity contribution in [1.29, 1.82) is 0 Å². The predicted molar refractivity (Wildman–Crippen MR) is 129 cm³/mol. The van der Waals surface area contributed by atoms with Crippen molar-refractivity contribution in [2.24, 2.45) is 0 Å². The molecule has 0 amide bonds. The minimum Gasteiger partial charge on any atom is -0.387 e. The van der Waals surface area contributed by atoms with Crippen LogP contribution in [-0.4, -0.2) is 98.9 Å². The molecule has 2 saturated heterocycles. The molecule has 0 aromatic carbocycles. The molecule has 1 unspecified atom stereocenters. The summed E-state index contributed by atoms with van der Waals surface area (Å²) in [7, 11) is -10.3. The normalized spacial score (nSPS) is 31.8. The lowest BCUT2D eigenvalue weighted by molar-refractivity contribution is -0.0611. The quantitative estimate of drug-likeness (QED) is 0.116. The maximum absolute atomic E-state index is 12.8. The highest BCUT2D eigenvalue weighted by Gasteiger charge is 2.51. The number of aliphatic hydroxyl groups is 3. The van der Waals surface area contributed by atoms with Gasteiger partial charge in [0.25, 0.3) is 5.56 Å². The molecule has 2 aliphatic heterocycles. The molecule has 41 heavy (non-hydrogen) atoms. The van der Waals surface area contributed by atoms with E-state index in [1.165, 1.54) is 6.07 Å². The molecule has 4 rings (SSSR count). The summed E-state index contributed by atoms with van der Waals surface area (Å²) in [5.41, 5.74) is 2.65. The molecule has 2 aromatic heterocycles. The number of ether oxygens (including phenoxy) is 2. The number of H-pyrrole nitrogens is 1. The van der Waals surface area contributed by atoms with Crippen molar-refractivity contribution < 1.29 is 62.2 Å². The summed E-state index contributed by atoms with van der Waals surface area (Å²) in [5.74, 6) is -0.118. The van der Waals surface area contributed by atoms with Crippen LogP contribution in [0.15, 0.2) is 38.9 Å². The summed E-state index contributed by atoms with van der Waals surface area (Å²) in [6, 6.07) is 2.12. The first-order valence-electron chi connectivity index (χ1n) is 11.4. The molecule has 228 valence electrons. The second-order valence-electron chi connectivity index (χ2n) is 8.78. The fraction of sp³-hybridized carbons (Fsp3) is 0.556. The van der Waals surface area contributed by atoms with Gasteiger partial charge in [0.2, 0.25) is 0 Å². The molecule has 0 spiro atoms. The Kier molecular flexibility index (Phi) is 9.12. The van der Waals surface area contributed by atoms with Crippen molar-refractivity contribution in [1.82, 2.24) is 19.1 Å². The van der Waals surface area contributed by atoms with E-state index in [9.17, 15) is 43.7 Å². The first kappa shape index (κ1) is 31.3. The lowest BCUT2D eigenvalue weighted by Crippen LogP contribution is -2.39. The number of hydrogen-bond donors (Lipinski definition) is 8. The minimum atomic E-state index is -5.23. The van der Waals surface area contributed by atoms with Crippen LogP contribution >= 0.6 is 15.6 Å². The number of aromatic amines is 1. The van der Waals surface area contributed by atoms with Gasteiger partial charge in [-0.2, -0.15) is 4.98 Å². The molecule has 23 heteroatoms. The van der Waals surface area contributed by atoms with Gasteiger partial charge in [0.15, 0.2) is 12.5 Å². The van der Waals surface area contributed by atoms with Gasteiger partial charge in [0.1, 0.15) is 42.4 Å². The molecule has 9 N–H and O–H groups in total. The van der Waals surface area contributed by atoms with Gasteiger partial charge >= 0.3 is 27.0 Å². The molecule has 0 radical (unpaired) electrons. The maximum Gasteiger partial charge on any atom is 0.472 e. The first-order valence-corrected chi connectivity index (χ1v) is 14.5. The number of aromatic nitrogens is 4. The third kappa shape index (κ3) is 7.24. The highest BCUT2D eigenvalue weighted by molar-refractivity contribution is 7.47. The summed E-state index contributed by atoms with van der Waals surface area (Å²) in [6.07, 6.45) is -11.6. The van der Waals surface area contributed by atoms with Crippen molar-refractivity contribution in [2.45, 2.75) is 49.1 Å². The van der Waals surface area contributed by atoms with Crippen LogP contribution in [0.4, 0.5) is 5.82 Å². The Morgan fingerprint density at radius 3 is 2.15 bits per heavy atom. The molecule has 21 nitrogen and oxygen atoms in total. The number of nitrogens with two attached hydrogens (primary N) is 1. The largest absolute Gasteiger partial charge is 0.472 e. The number of nitrogens with zero attached hydrogens (tertiary/aromatic N) is 3. The van der Waals surface area contributed by atoms with Crippen molar-refractivity contribution in [3.05, 3.63) is 55.8 Å². The molecular weight excluding hydrogens is 604 g/mol. The van der Waals surface area contributed by atoms with E-state index < -0.39 is 94.9 Å². The lowest BCUT2D eigenvalue weighted by atomic mass is 10.1. The van der Waals surface area contributed by atoms with E-state index in [2.05, 4.69) is 9.51 Å². The van der Waals surface area contributed by atoms with E-state index >= 15 is 0 Å². The summed E-state index contributed by atoms with van der Waals surface area (Å²) < 4.78 is 50.4. The second-order valence-corrected chi connectivity index (χ2v) is 11.4. The molecular formula is C18H25N5O16P2. The third-order valence-electron chi connectivity index (χ3n) is 5.96. The molecule has 2 fully saturated rings. The number of nitrogens with one attached hydrogen (secondary N) is 1. The fourth-order valence-corrected chi connectivity index (χ4v) is 5.39. The first-order chi connectivity index (χ1) is 19.1. The molecule has 2 aliphatic rings. The van der Waals surface area contributed by atoms with Crippen molar-refractivity contribution in [2.75, 3.05) is 18.9 Å². The van der Waals surface area contributed by atoms with Crippen molar-refractivity contribution in [3.8, 4) is 0 Å². The Morgan fingerprint density at radius 2 is 1.51 bits per heavy atom. The van der Waals surface area contributed by atoms with Crippen LogP contribution in [0.2, 0.25) is 0 Å². The molecule has 2 aromatic rings. The van der Waals surface area contributed by atoms with Gasteiger partial charge in [-0.15, -0.1) is 0 Å². The average Bonchev–Trinajstić information content (AvgIpc) is 3.31. The Labute approximate surface area is 227 Å². The minimum absolute atomic E-state index is 0.118. The van der Waals surface area contributed by atoms with Gasteiger partial charge in [-0.25, -0.2) is 18.7 Å². The summed E-state index contributed by atoms with van der Waals surface area (Å²) in [5, 5.41) is 31.4. The maximum atomic E-state index is 12.8. The smallest absolute Gasteiger partial charge is 0.387 e. The third-order valence-corrected chi connectivity index (χ3v) is 7.43. The van der Waals surface area contributed by atoms with E-state index in [1.807, 2.05) is 4.98 Å². The molecule has 0 saturated carbocycles. The Balaban J connectivity index is 1.48. The van der Waals surface area contributed by atoms with E-state index in [0.717, 1.165) is 23.0 Å². The second kappa shape index (κ2) is 11.9. The van der Waals surface area contributed by atoms with E-state index in [0.29, 0.717) is 4.57 Å². The number of phosphoric ester groups is 2. The van der Waals surface area contributed by atoms with Crippen LogP contribution in [0.5, 0.6) is 0 Å². The monoisotopic (exact) mass is 629 g/mol. The topological polar surface area (TPSA) is 317 Å². The van der Waals surface area contributed by atoms with Crippen LogP contribution in [0.25, 0.3) is 0 Å². The Hall–Kier alpha value is -2.62. The van der Waals surface area contributed by atoms with Gasteiger partial charge in [-0.05, 0) is 6.07 Å². The number of anilines is 1. The van der Waals surface area contributed by atoms with Crippen molar-refractivity contribution >= 4 is 21.5 Å². The number of rotatable bonds is 10. The zero-order valence-corrected chi connectivity index (χ0v) is 22.2. The highest BCUT2D eigenvalue weighted by atomic mass is 31.2. The van der Waals surface area contributed by atoms with Gasteiger partial charge in [0, 0.05) is 18.5 Å². The van der Waals surface area contributed by atoms with E-state index in [-0.39, 0.29) is 5.82 Å². The predicted octanol–water partition coefficient (Wildman–Crippen LogP) is -4.14. The zero-order chi connectivity index (χ0) is 30.3. The number of phosphoric acid groups is 2. The van der Waals surface area contributed by atoms with Gasteiger partial charge in [0.05, 0.1) is 13.2 Å². The van der Waals surface area contributed by atoms with E-state index in [1.54, 1.807) is 0 Å². The number of hydrogen-bond acceptors (Lipinski definition) is 15. The van der Waals surface area contributed by atoms with E-state index in [4.69, 9.17) is 34.0 Å². The highest BCUT2D eigenvalue weighted by Crippen LogP contribution is 2.49. The fourth-order valence-electron chi connectivity index (χ4n) is 4.08. The number of aliphatic hydroxyl groups excluding tert-OH is 3. The molecule has 0 bridgehead atoms. The average molecular weight is 629 g/mol. The van der Waals surface area contributed by atoms with Crippen LogP contribution in [0.1, 0.15) is 12.5 Å². The SMILES string of the molecule is Nc1ccn([C@@H]2O[C@H](COP(=O)(O)O[C@H]3[C@@H](O)[C@H](n4ccc(=O)[nH]c4=O)O[C@@H]3COP(=O)(O)O)[C@@H](O)[C@H]2O)c(=O)n1. The zero-order valence-electron chi connectivity index (χ0n) is 20.4. The Bertz CT molecular complexity index is 1520. The lowest BCUT2D eigenvalue weighted by Gasteiger charge is -2.24. The van der Waals surface area contributed by atoms with Crippen LogP contribution in [0, 0.1) is 0 Å². The molecule has 4 heterocycles. The number of nitrogen functional groups attached to an aromatic ring is 1. The van der Waals surface area contributed by atoms with Gasteiger partial charge in [-0.3, -0.25) is 32.5 Å². The standard InChI is InChI=1S/C18H25N5O16P2/c19-9-1-3-22(17(28)20-9)15-12(26)11(25)7(37-15)5-36-41(33,34)39-14-8(6-35-40(30,31)32)38-16(13(14)27)23-4-2-10(24)21-18(23)29/h1-4,7-8,11-16,25-27H,5-6H2,(H,33,34)(H2,19,20,28)(H,21,24,29)(H2,30,31,32)/t7-,8-,11-,12-,13-,14-,15-,16-/m1/s1. The van der Waals surface area contributed by atoms with Crippen LogP contribution in [-0.2, 0) is 32.2 Å².